The number of aryl methyl sites for hydroxylation is 1. The number of carbonyl (C=O) groups is 1. The Morgan fingerprint density at radius 1 is 1.00 bits per heavy atom. The van der Waals surface area contributed by atoms with E-state index in [9.17, 15) is 13.2 Å². The fourth-order valence-corrected chi connectivity index (χ4v) is 3.66. The van der Waals surface area contributed by atoms with Crippen LogP contribution in [0.5, 0.6) is 5.75 Å². The van der Waals surface area contributed by atoms with E-state index in [1.54, 1.807) is 24.3 Å². The molecule has 0 spiro atoms. The van der Waals surface area contributed by atoms with Gasteiger partial charge in [0.2, 0.25) is 10.0 Å². The van der Waals surface area contributed by atoms with Crippen molar-refractivity contribution < 1.29 is 22.7 Å². The second kappa shape index (κ2) is 10.1. The minimum atomic E-state index is -3.49. The highest BCUT2D eigenvalue weighted by molar-refractivity contribution is 7.88. The topological polar surface area (TPSA) is 81.7 Å². The first-order valence-corrected chi connectivity index (χ1v) is 10.4. The van der Waals surface area contributed by atoms with Gasteiger partial charge in [-0.05, 0) is 41.8 Å². The highest BCUT2D eigenvalue weighted by Gasteiger charge is 2.12. The summed E-state index contributed by atoms with van der Waals surface area (Å²) in [6.07, 6.45) is 2.12. The van der Waals surface area contributed by atoms with Gasteiger partial charge in [-0.2, -0.15) is 0 Å². The van der Waals surface area contributed by atoms with Gasteiger partial charge in [0.25, 0.3) is 0 Å². The van der Waals surface area contributed by atoms with E-state index in [4.69, 9.17) is 4.74 Å². The van der Waals surface area contributed by atoms with Crippen LogP contribution in [0.15, 0.2) is 48.5 Å². The molecule has 2 rings (SSSR count). The number of carbonyl (C=O) groups excluding carboxylic acids is 1. The quantitative estimate of drug-likeness (QED) is 0.497. The Hall–Kier alpha value is -2.38. The first-order chi connectivity index (χ1) is 12.9. The van der Waals surface area contributed by atoms with Crippen LogP contribution in [0.4, 0.5) is 0 Å². The maximum Gasteiger partial charge on any atom is 0.337 e. The van der Waals surface area contributed by atoms with Crippen molar-refractivity contribution in [2.75, 3.05) is 20.3 Å². The number of sulfonamides is 1. The molecule has 0 bridgehead atoms. The van der Waals surface area contributed by atoms with Crippen LogP contribution in [0.2, 0.25) is 0 Å². The van der Waals surface area contributed by atoms with Crippen LogP contribution in [0.1, 0.15) is 34.8 Å². The van der Waals surface area contributed by atoms with E-state index in [0.29, 0.717) is 16.9 Å². The fraction of sp³-hybridized carbons (Fsp3) is 0.350. The van der Waals surface area contributed by atoms with Crippen LogP contribution in [-0.2, 0) is 26.9 Å². The third-order valence-electron chi connectivity index (χ3n) is 3.89. The van der Waals surface area contributed by atoms with Gasteiger partial charge in [-0.15, -0.1) is 0 Å². The largest absolute Gasteiger partial charge is 0.492 e. The molecule has 0 aliphatic rings. The number of methoxy groups -OCH3 is 1. The Bertz CT molecular complexity index is 830. The Morgan fingerprint density at radius 2 is 1.63 bits per heavy atom. The molecule has 146 valence electrons. The Morgan fingerprint density at radius 3 is 2.22 bits per heavy atom. The molecule has 2 aromatic carbocycles. The average Bonchev–Trinajstić information content (AvgIpc) is 2.66. The van der Waals surface area contributed by atoms with Crippen molar-refractivity contribution in [2.24, 2.45) is 0 Å². The molecule has 0 atom stereocenters. The molecule has 2 aromatic rings. The van der Waals surface area contributed by atoms with Gasteiger partial charge < -0.3 is 9.47 Å². The van der Waals surface area contributed by atoms with Crippen molar-refractivity contribution in [3.8, 4) is 5.75 Å². The minimum Gasteiger partial charge on any atom is -0.492 e. The average molecular weight is 391 g/mol. The number of hydrogen-bond donors (Lipinski definition) is 1. The van der Waals surface area contributed by atoms with E-state index in [2.05, 4.69) is 16.4 Å². The summed E-state index contributed by atoms with van der Waals surface area (Å²) in [6, 6.07) is 14.1. The molecule has 0 radical (unpaired) electrons. The summed E-state index contributed by atoms with van der Waals surface area (Å²) in [5.41, 5.74) is 2.22. The standard InChI is InChI=1S/C20H25NO5S/c1-3-4-16-7-11-19(12-8-16)26-14-13-21-27(23,24)15-17-5-9-18(10-6-17)20(22)25-2/h5-12,21H,3-4,13-15H2,1-2H3. The second-order valence-corrected chi connectivity index (χ2v) is 7.89. The third-order valence-corrected chi connectivity index (χ3v) is 5.24. The van der Waals surface area contributed by atoms with E-state index >= 15 is 0 Å². The molecule has 0 amide bonds. The van der Waals surface area contributed by atoms with Gasteiger partial charge in [0, 0.05) is 6.54 Å². The summed E-state index contributed by atoms with van der Waals surface area (Å²) in [4.78, 5) is 11.4. The molecular weight excluding hydrogens is 366 g/mol. The molecule has 0 fully saturated rings. The van der Waals surface area contributed by atoms with Crippen molar-refractivity contribution in [2.45, 2.75) is 25.5 Å². The van der Waals surface area contributed by atoms with Gasteiger partial charge >= 0.3 is 5.97 Å². The molecule has 0 aromatic heterocycles. The van der Waals surface area contributed by atoms with Crippen LogP contribution >= 0.6 is 0 Å². The maximum atomic E-state index is 12.1. The summed E-state index contributed by atoms with van der Waals surface area (Å²) < 4.78 is 37.0. The van der Waals surface area contributed by atoms with Crippen molar-refractivity contribution in [1.82, 2.24) is 4.72 Å². The minimum absolute atomic E-state index is 0.167. The van der Waals surface area contributed by atoms with E-state index in [0.717, 1.165) is 12.8 Å². The number of hydrogen-bond acceptors (Lipinski definition) is 5. The van der Waals surface area contributed by atoms with Crippen molar-refractivity contribution >= 4 is 16.0 Å². The van der Waals surface area contributed by atoms with Crippen molar-refractivity contribution in [3.05, 3.63) is 65.2 Å². The van der Waals surface area contributed by atoms with E-state index < -0.39 is 16.0 Å². The smallest absolute Gasteiger partial charge is 0.337 e. The number of rotatable bonds is 10. The number of ether oxygens (including phenoxy) is 2. The lowest BCUT2D eigenvalue weighted by Crippen LogP contribution is -2.29. The number of nitrogens with one attached hydrogen (secondary N) is 1. The van der Waals surface area contributed by atoms with Gasteiger partial charge in [0.1, 0.15) is 12.4 Å². The summed E-state index contributed by atoms with van der Waals surface area (Å²) in [7, 11) is -2.19. The van der Waals surface area contributed by atoms with Gasteiger partial charge in [0.15, 0.2) is 0 Å². The Labute approximate surface area is 160 Å². The van der Waals surface area contributed by atoms with E-state index in [1.807, 2.05) is 24.3 Å². The first-order valence-electron chi connectivity index (χ1n) is 8.80. The van der Waals surface area contributed by atoms with E-state index in [-0.39, 0.29) is 18.9 Å². The molecule has 0 heterocycles. The van der Waals surface area contributed by atoms with Gasteiger partial charge in [-0.3, -0.25) is 0 Å². The molecule has 1 N–H and O–H groups in total. The monoisotopic (exact) mass is 391 g/mol. The highest BCUT2D eigenvalue weighted by atomic mass is 32.2. The van der Waals surface area contributed by atoms with Crippen molar-refractivity contribution in [3.63, 3.8) is 0 Å². The zero-order valence-electron chi connectivity index (χ0n) is 15.6. The number of benzene rings is 2. The number of esters is 1. The predicted octanol–water partition coefficient (Wildman–Crippen LogP) is 2.92. The Balaban J connectivity index is 1.78. The molecule has 7 heteroatoms. The van der Waals surface area contributed by atoms with Crippen LogP contribution in [0, 0.1) is 0 Å². The third kappa shape index (κ3) is 7.03. The van der Waals surface area contributed by atoms with Crippen molar-refractivity contribution in [1.29, 1.82) is 0 Å². The molecular formula is C20H25NO5S. The first kappa shape index (κ1) is 20.9. The van der Waals surface area contributed by atoms with Crippen LogP contribution in [-0.4, -0.2) is 34.6 Å². The lowest BCUT2D eigenvalue weighted by molar-refractivity contribution is 0.0600. The highest BCUT2D eigenvalue weighted by Crippen LogP contribution is 2.13. The van der Waals surface area contributed by atoms with Crippen LogP contribution < -0.4 is 9.46 Å². The van der Waals surface area contributed by atoms with Gasteiger partial charge in [0.05, 0.1) is 18.4 Å². The van der Waals surface area contributed by atoms with Crippen LogP contribution in [0.3, 0.4) is 0 Å². The van der Waals surface area contributed by atoms with Gasteiger partial charge in [-0.25, -0.2) is 17.9 Å². The summed E-state index contributed by atoms with van der Waals surface area (Å²) in [5.74, 6) is 0.0926. The summed E-state index contributed by atoms with van der Waals surface area (Å²) in [6.45, 7) is 2.55. The molecule has 0 aliphatic heterocycles. The predicted molar refractivity (Wildman–Crippen MR) is 104 cm³/mol. The lowest BCUT2D eigenvalue weighted by Gasteiger charge is -2.09. The second-order valence-electron chi connectivity index (χ2n) is 6.08. The Kier molecular flexibility index (Phi) is 7.82. The zero-order chi connectivity index (χ0) is 19.7. The SMILES string of the molecule is CCCc1ccc(OCCNS(=O)(=O)Cc2ccc(C(=O)OC)cc2)cc1. The molecule has 0 saturated carbocycles. The fourth-order valence-electron chi connectivity index (χ4n) is 2.53. The maximum absolute atomic E-state index is 12.1. The van der Waals surface area contributed by atoms with Gasteiger partial charge in [-0.1, -0.05) is 37.6 Å². The molecule has 0 unspecified atom stereocenters. The van der Waals surface area contributed by atoms with E-state index in [1.165, 1.54) is 12.7 Å². The summed E-state index contributed by atoms with van der Waals surface area (Å²) >= 11 is 0. The summed E-state index contributed by atoms with van der Waals surface area (Å²) in [5, 5.41) is 0. The molecule has 0 aliphatic carbocycles. The zero-order valence-corrected chi connectivity index (χ0v) is 16.4. The lowest BCUT2D eigenvalue weighted by atomic mass is 10.1. The molecule has 27 heavy (non-hydrogen) atoms. The normalized spacial score (nSPS) is 11.2. The van der Waals surface area contributed by atoms with Crippen LogP contribution in [0.25, 0.3) is 0 Å². The molecule has 0 saturated heterocycles. The molecule has 6 nitrogen and oxygen atoms in total.